The predicted octanol–water partition coefficient (Wildman–Crippen LogP) is 3.25. The van der Waals surface area contributed by atoms with Crippen LogP contribution in [0.25, 0.3) is 10.8 Å². The molecule has 172 valence electrons. The fourth-order valence-corrected chi connectivity index (χ4v) is 4.30. The fraction of sp³-hybridized carbons (Fsp3) is 0.217. The first-order valence-electron chi connectivity index (χ1n) is 9.98. The van der Waals surface area contributed by atoms with Gasteiger partial charge in [0.15, 0.2) is 6.61 Å². The molecular formula is C23H22N2O7S. The van der Waals surface area contributed by atoms with E-state index in [0.717, 1.165) is 22.1 Å². The van der Waals surface area contributed by atoms with Crippen molar-refractivity contribution in [1.82, 2.24) is 5.32 Å². The quantitative estimate of drug-likeness (QED) is 0.452. The molecule has 0 radical (unpaired) electrons. The summed E-state index contributed by atoms with van der Waals surface area (Å²) in [4.78, 5) is 49.6. The second-order valence-corrected chi connectivity index (χ2v) is 7.92. The normalized spacial score (nSPS) is 10.5. The maximum atomic E-state index is 12.4. The van der Waals surface area contributed by atoms with Crippen LogP contribution in [0.15, 0.2) is 36.4 Å². The first kappa shape index (κ1) is 23.7. The van der Waals surface area contributed by atoms with Gasteiger partial charge < -0.3 is 25.2 Å². The molecule has 3 N–H and O–H groups in total. The Hall–Kier alpha value is -3.92. The van der Waals surface area contributed by atoms with Gasteiger partial charge in [-0.05, 0) is 42.3 Å². The van der Waals surface area contributed by atoms with E-state index < -0.39 is 30.4 Å². The van der Waals surface area contributed by atoms with Crippen molar-refractivity contribution in [2.75, 3.05) is 25.6 Å². The Kier molecular flexibility index (Phi) is 7.29. The van der Waals surface area contributed by atoms with Crippen LogP contribution in [0.2, 0.25) is 0 Å². The Labute approximate surface area is 193 Å². The minimum absolute atomic E-state index is 0.0623. The Morgan fingerprint density at radius 2 is 1.70 bits per heavy atom. The molecule has 33 heavy (non-hydrogen) atoms. The number of rotatable bonds is 7. The number of carbonyl (C=O) groups excluding carboxylic acids is 4. The molecular weight excluding hydrogens is 448 g/mol. The van der Waals surface area contributed by atoms with Crippen molar-refractivity contribution >= 4 is 50.9 Å². The second-order valence-electron chi connectivity index (χ2n) is 6.90. The summed E-state index contributed by atoms with van der Waals surface area (Å²) >= 11 is 0.911. The van der Waals surface area contributed by atoms with E-state index in [1.165, 1.54) is 19.2 Å². The molecule has 0 aliphatic heterocycles. The van der Waals surface area contributed by atoms with Gasteiger partial charge in [-0.15, -0.1) is 11.3 Å². The Morgan fingerprint density at radius 3 is 2.33 bits per heavy atom. The standard InChI is InChI=1S/C23H22N2O7S/c1-4-31-23(30)18-12(2)19(20(28)24-3)33-21(18)25-17(27)11-32-22(29)15-9-13-7-5-6-8-14(13)10-16(15)26/h5-10,26H,4,11H2,1-3H3,(H,24,28)(H,25,27). The number of aromatic hydroxyl groups is 1. The van der Waals surface area contributed by atoms with Gasteiger partial charge in [0.1, 0.15) is 16.3 Å². The first-order chi connectivity index (χ1) is 15.8. The van der Waals surface area contributed by atoms with Crippen LogP contribution in [0.3, 0.4) is 0 Å². The average molecular weight is 471 g/mol. The smallest absolute Gasteiger partial charge is 0.342 e. The lowest BCUT2D eigenvalue weighted by atomic mass is 10.1. The van der Waals surface area contributed by atoms with Crippen LogP contribution < -0.4 is 10.6 Å². The molecule has 9 nitrogen and oxygen atoms in total. The summed E-state index contributed by atoms with van der Waals surface area (Å²) in [5.41, 5.74) is 0.348. The second kappa shape index (κ2) is 10.1. The minimum Gasteiger partial charge on any atom is -0.507 e. The first-order valence-corrected chi connectivity index (χ1v) is 10.8. The number of phenolic OH excluding ortho intramolecular Hbond substituents is 1. The van der Waals surface area contributed by atoms with Crippen molar-refractivity contribution in [3.8, 4) is 5.75 Å². The number of nitrogens with one attached hydrogen (secondary N) is 2. The molecule has 0 aliphatic rings. The zero-order valence-electron chi connectivity index (χ0n) is 18.2. The van der Waals surface area contributed by atoms with Crippen molar-refractivity contribution in [2.45, 2.75) is 13.8 Å². The van der Waals surface area contributed by atoms with Gasteiger partial charge in [-0.3, -0.25) is 9.59 Å². The molecule has 0 aliphatic carbocycles. The zero-order valence-corrected chi connectivity index (χ0v) is 19.0. The fourth-order valence-electron chi connectivity index (χ4n) is 3.14. The zero-order chi connectivity index (χ0) is 24.1. The molecule has 0 atom stereocenters. The highest BCUT2D eigenvalue weighted by molar-refractivity contribution is 7.18. The SMILES string of the molecule is CCOC(=O)c1c(NC(=O)COC(=O)c2cc3ccccc3cc2O)sc(C(=O)NC)c1C. The van der Waals surface area contributed by atoms with E-state index in [2.05, 4.69) is 10.6 Å². The lowest BCUT2D eigenvalue weighted by molar-refractivity contribution is -0.119. The maximum Gasteiger partial charge on any atom is 0.342 e. The molecule has 10 heteroatoms. The van der Waals surface area contributed by atoms with Crippen molar-refractivity contribution in [1.29, 1.82) is 0 Å². The van der Waals surface area contributed by atoms with Gasteiger partial charge in [0.25, 0.3) is 11.8 Å². The number of esters is 2. The number of fused-ring (bicyclic) bond motifs is 1. The van der Waals surface area contributed by atoms with Crippen molar-refractivity contribution in [3.63, 3.8) is 0 Å². The number of hydrogen-bond acceptors (Lipinski definition) is 8. The lowest BCUT2D eigenvalue weighted by Gasteiger charge is -2.09. The van der Waals surface area contributed by atoms with Crippen molar-refractivity contribution < 1.29 is 33.8 Å². The number of benzene rings is 2. The predicted molar refractivity (Wildman–Crippen MR) is 123 cm³/mol. The van der Waals surface area contributed by atoms with Gasteiger partial charge in [-0.25, -0.2) is 9.59 Å². The highest BCUT2D eigenvalue weighted by Crippen LogP contribution is 2.34. The number of phenols is 1. The van der Waals surface area contributed by atoms with E-state index in [1.807, 2.05) is 0 Å². The summed E-state index contributed by atoms with van der Waals surface area (Å²) in [6.45, 7) is 2.66. The molecule has 0 saturated carbocycles. The molecule has 0 saturated heterocycles. The van der Waals surface area contributed by atoms with Gasteiger partial charge in [-0.2, -0.15) is 0 Å². The van der Waals surface area contributed by atoms with Crippen LogP contribution in [0.4, 0.5) is 5.00 Å². The number of anilines is 1. The van der Waals surface area contributed by atoms with E-state index in [1.54, 1.807) is 38.1 Å². The molecule has 0 bridgehead atoms. The maximum absolute atomic E-state index is 12.4. The van der Waals surface area contributed by atoms with E-state index in [0.29, 0.717) is 5.56 Å². The molecule has 1 heterocycles. The minimum atomic E-state index is -0.882. The van der Waals surface area contributed by atoms with Crippen molar-refractivity contribution in [2.24, 2.45) is 0 Å². The molecule has 2 aromatic carbocycles. The molecule has 2 amide bonds. The number of ether oxygens (including phenoxy) is 2. The Morgan fingerprint density at radius 1 is 1.03 bits per heavy atom. The molecule has 3 aromatic rings. The molecule has 3 rings (SSSR count). The molecule has 1 aromatic heterocycles. The highest BCUT2D eigenvalue weighted by atomic mass is 32.1. The summed E-state index contributed by atoms with van der Waals surface area (Å²) in [6, 6.07) is 10.1. The summed E-state index contributed by atoms with van der Waals surface area (Å²) in [6.07, 6.45) is 0. The molecule has 0 spiro atoms. The van der Waals surface area contributed by atoms with Gasteiger partial charge >= 0.3 is 11.9 Å². The number of carbonyl (C=O) groups is 4. The van der Waals surface area contributed by atoms with E-state index in [-0.39, 0.29) is 33.4 Å². The van der Waals surface area contributed by atoms with Crippen LogP contribution in [0.5, 0.6) is 5.75 Å². The lowest BCUT2D eigenvalue weighted by Crippen LogP contribution is -2.22. The summed E-state index contributed by atoms with van der Waals surface area (Å²) in [7, 11) is 1.45. The van der Waals surface area contributed by atoms with Crippen LogP contribution in [-0.2, 0) is 14.3 Å². The number of thiophene rings is 1. The number of amides is 2. The third-order valence-electron chi connectivity index (χ3n) is 4.73. The molecule has 0 unspecified atom stereocenters. The topological polar surface area (TPSA) is 131 Å². The summed E-state index contributed by atoms with van der Waals surface area (Å²) in [5, 5.41) is 16.7. The van der Waals surface area contributed by atoms with Crippen LogP contribution in [0, 0.1) is 6.92 Å². The summed E-state index contributed by atoms with van der Waals surface area (Å²) < 4.78 is 10.1. The molecule has 0 fully saturated rings. The van der Waals surface area contributed by atoms with E-state index in [4.69, 9.17) is 9.47 Å². The van der Waals surface area contributed by atoms with Crippen LogP contribution in [0.1, 0.15) is 42.9 Å². The van der Waals surface area contributed by atoms with E-state index >= 15 is 0 Å². The van der Waals surface area contributed by atoms with Gasteiger partial charge in [0.2, 0.25) is 0 Å². The Bertz CT molecular complexity index is 1250. The van der Waals surface area contributed by atoms with Crippen LogP contribution in [-0.4, -0.2) is 49.1 Å². The summed E-state index contributed by atoms with van der Waals surface area (Å²) in [5.74, 6) is -2.98. The third kappa shape index (κ3) is 5.12. The van der Waals surface area contributed by atoms with Gasteiger partial charge in [-0.1, -0.05) is 24.3 Å². The monoisotopic (exact) mass is 470 g/mol. The number of hydrogen-bond donors (Lipinski definition) is 3. The largest absolute Gasteiger partial charge is 0.507 e. The van der Waals surface area contributed by atoms with Crippen molar-refractivity contribution in [3.05, 3.63) is 58.0 Å². The van der Waals surface area contributed by atoms with Gasteiger partial charge in [0, 0.05) is 7.05 Å². The average Bonchev–Trinajstić information content (AvgIpc) is 3.12. The van der Waals surface area contributed by atoms with Gasteiger partial charge in [0.05, 0.1) is 17.0 Å². The highest BCUT2D eigenvalue weighted by Gasteiger charge is 2.26. The van der Waals surface area contributed by atoms with Crippen LogP contribution >= 0.6 is 11.3 Å². The third-order valence-corrected chi connectivity index (χ3v) is 5.94. The van der Waals surface area contributed by atoms with E-state index in [9.17, 15) is 24.3 Å². The Balaban J connectivity index is 1.75.